The van der Waals surface area contributed by atoms with Crippen LogP contribution in [-0.4, -0.2) is 26.3 Å². The van der Waals surface area contributed by atoms with Crippen LogP contribution in [0.3, 0.4) is 0 Å². The third kappa shape index (κ3) is 4.91. The Kier molecular flexibility index (Phi) is 5.66. The van der Waals surface area contributed by atoms with Gasteiger partial charge in [0.05, 0.1) is 16.9 Å². The molecule has 0 radical (unpaired) electrons. The van der Waals surface area contributed by atoms with E-state index in [0.29, 0.717) is 4.47 Å². The minimum Gasteiger partial charge on any atom is -0.548 e. The molecule has 1 rings (SSSR count). The van der Waals surface area contributed by atoms with E-state index in [1.807, 2.05) is 4.72 Å². The van der Waals surface area contributed by atoms with Crippen LogP contribution >= 0.6 is 15.9 Å². The number of hydrogen-bond donors (Lipinski definition) is 2. The highest BCUT2D eigenvalue weighted by molar-refractivity contribution is 9.10. The molecule has 110 valence electrons. The molecule has 0 heterocycles. The summed E-state index contributed by atoms with van der Waals surface area (Å²) in [6.45, 7) is 0. The van der Waals surface area contributed by atoms with Crippen LogP contribution in [0.5, 0.6) is 0 Å². The van der Waals surface area contributed by atoms with Crippen molar-refractivity contribution in [3.63, 3.8) is 0 Å². The lowest BCUT2D eigenvalue weighted by Crippen LogP contribution is -2.48. The second-order valence-corrected chi connectivity index (χ2v) is 6.58. The summed E-state index contributed by atoms with van der Waals surface area (Å²) in [7, 11) is -4.01. The minimum absolute atomic E-state index is 0.0916. The molecule has 0 spiro atoms. The number of hydrogen-bond acceptors (Lipinski definition) is 5. The first-order chi connectivity index (χ1) is 9.22. The summed E-state index contributed by atoms with van der Waals surface area (Å²) in [6, 6.07) is 4.12. The van der Waals surface area contributed by atoms with Gasteiger partial charge in [0.1, 0.15) is 0 Å². The number of carboxylic acid groups (broad SMARTS) is 1. The van der Waals surface area contributed by atoms with Gasteiger partial charge in [-0.2, -0.15) is 0 Å². The smallest absolute Gasteiger partial charge is 0.241 e. The van der Waals surface area contributed by atoms with Crippen molar-refractivity contribution < 1.29 is 23.1 Å². The second-order valence-electron chi connectivity index (χ2n) is 3.95. The van der Waals surface area contributed by atoms with Crippen LogP contribution in [0.15, 0.2) is 33.6 Å². The van der Waals surface area contributed by atoms with Crippen LogP contribution < -0.4 is 15.6 Å². The van der Waals surface area contributed by atoms with Gasteiger partial charge in [0.15, 0.2) is 0 Å². The molecular weight excluding hydrogens is 352 g/mol. The predicted octanol–water partition coefficient (Wildman–Crippen LogP) is -0.889. The molecule has 0 bridgehead atoms. The SMILES string of the molecule is NC(=O)CC[C@@H](NS(=O)(=O)c1ccc(Br)cc1)C(=O)[O-]. The maximum Gasteiger partial charge on any atom is 0.241 e. The molecule has 0 saturated carbocycles. The van der Waals surface area contributed by atoms with Gasteiger partial charge in [-0.1, -0.05) is 15.9 Å². The number of carbonyl (C=O) groups is 2. The third-order valence-corrected chi connectivity index (χ3v) is 4.40. The van der Waals surface area contributed by atoms with E-state index in [1.54, 1.807) is 0 Å². The zero-order chi connectivity index (χ0) is 15.3. The summed E-state index contributed by atoms with van der Waals surface area (Å²) in [6.07, 6.45) is -0.533. The van der Waals surface area contributed by atoms with E-state index in [4.69, 9.17) is 5.73 Å². The standard InChI is InChI=1S/C11H13BrN2O5S/c12-7-1-3-8(4-2-7)20(18,19)14-9(11(16)17)5-6-10(13)15/h1-4,9,14H,5-6H2,(H2,13,15)(H,16,17)/p-1/t9-/m1/s1. The highest BCUT2D eigenvalue weighted by atomic mass is 79.9. The van der Waals surface area contributed by atoms with Crippen LogP contribution in [0.2, 0.25) is 0 Å². The predicted molar refractivity (Wildman–Crippen MR) is 71.7 cm³/mol. The van der Waals surface area contributed by atoms with Crippen molar-refractivity contribution >= 4 is 37.8 Å². The van der Waals surface area contributed by atoms with Crippen molar-refractivity contribution in [1.82, 2.24) is 4.72 Å². The molecule has 9 heteroatoms. The fourth-order valence-electron chi connectivity index (χ4n) is 1.38. The van der Waals surface area contributed by atoms with Crippen molar-refractivity contribution in [2.45, 2.75) is 23.8 Å². The number of benzene rings is 1. The van der Waals surface area contributed by atoms with Gasteiger partial charge in [0, 0.05) is 10.9 Å². The lowest BCUT2D eigenvalue weighted by atomic mass is 10.2. The number of aliphatic carboxylic acids is 1. The van der Waals surface area contributed by atoms with E-state index in [1.165, 1.54) is 24.3 Å². The van der Waals surface area contributed by atoms with E-state index in [0.717, 1.165) is 0 Å². The van der Waals surface area contributed by atoms with Gasteiger partial charge in [-0.15, -0.1) is 0 Å². The summed E-state index contributed by atoms with van der Waals surface area (Å²) >= 11 is 3.16. The third-order valence-electron chi connectivity index (χ3n) is 2.39. The van der Waals surface area contributed by atoms with Crippen LogP contribution in [0.4, 0.5) is 0 Å². The largest absolute Gasteiger partial charge is 0.548 e. The minimum atomic E-state index is -4.01. The molecule has 1 atom stereocenters. The topological polar surface area (TPSA) is 129 Å². The van der Waals surface area contributed by atoms with E-state index >= 15 is 0 Å². The van der Waals surface area contributed by atoms with Gasteiger partial charge >= 0.3 is 0 Å². The Balaban J connectivity index is 2.88. The molecular formula is C11H12BrN2O5S-. The van der Waals surface area contributed by atoms with Crippen molar-refractivity contribution in [2.24, 2.45) is 5.73 Å². The van der Waals surface area contributed by atoms with Crippen LogP contribution in [0, 0.1) is 0 Å². The molecule has 1 aromatic rings. The van der Waals surface area contributed by atoms with E-state index in [-0.39, 0.29) is 17.7 Å². The van der Waals surface area contributed by atoms with Crippen LogP contribution in [-0.2, 0) is 19.6 Å². The average molecular weight is 364 g/mol. The normalized spacial score (nSPS) is 12.8. The molecule has 1 aromatic carbocycles. The number of amides is 1. The number of rotatable bonds is 7. The average Bonchev–Trinajstić information content (AvgIpc) is 2.34. The van der Waals surface area contributed by atoms with Gasteiger partial charge in [-0.3, -0.25) is 4.79 Å². The molecule has 0 aliphatic heterocycles. The molecule has 7 nitrogen and oxygen atoms in total. The van der Waals surface area contributed by atoms with Gasteiger partial charge in [-0.05, 0) is 30.7 Å². The maximum absolute atomic E-state index is 12.0. The van der Waals surface area contributed by atoms with Gasteiger partial charge < -0.3 is 15.6 Å². The number of primary amides is 1. The molecule has 0 aliphatic carbocycles. The Bertz CT molecular complexity index is 600. The first-order valence-electron chi connectivity index (χ1n) is 5.49. The zero-order valence-electron chi connectivity index (χ0n) is 10.2. The quantitative estimate of drug-likeness (QED) is 0.649. The van der Waals surface area contributed by atoms with Crippen molar-refractivity contribution in [1.29, 1.82) is 0 Å². The van der Waals surface area contributed by atoms with Gasteiger partial charge in [0.2, 0.25) is 15.9 Å². The molecule has 20 heavy (non-hydrogen) atoms. The summed E-state index contributed by atoms with van der Waals surface area (Å²) < 4.78 is 26.6. The van der Waals surface area contributed by atoms with Crippen LogP contribution in [0.25, 0.3) is 0 Å². The lowest BCUT2D eigenvalue weighted by Gasteiger charge is -2.19. The number of carboxylic acids is 1. The maximum atomic E-state index is 12.0. The summed E-state index contributed by atoms with van der Waals surface area (Å²) in [4.78, 5) is 21.4. The Morgan fingerprint density at radius 2 is 1.85 bits per heavy atom. The Morgan fingerprint density at radius 3 is 2.30 bits per heavy atom. The molecule has 0 aliphatic rings. The first-order valence-corrected chi connectivity index (χ1v) is 7.77. The van der Waals surface area contributed by atoms with Crippen molar-refractivity contribution in [2.75, 3.05) is 0 Å². The molecule has 0 saturated heterocycles. The Labute approximate surface area is 124 Å². The fourth-order valence-corrected chi connectivity index (χ4v) is 2.86. The number of nitrogens with one attached hydrogen (secondary N) is 1. The van der Waals surface area contributed by atoms with Crippen molar-refractivity contribution in [3.8, 4) is 0 Å². The number of sulfonamides is 1. The second kappa shape index (κ2) is 6.82. The highest BCUT2D eigenvalue weighted by Gasteiger charge is 2.21. The van der Waals surface area contributed by atoms with E-state index < -0.39 is 27.9 Å². The molecule has 0 fully saturated rings. The van der Waals surface area contributed by atoms with E-state index in [2.05, 4.69) is 15.9 Å². The zero-order valence-corrected chi connectivity index (χ0v) is 12.6. The number of halogens is 1. The molecule has 1 amide bonds. The van der Waals surface area contributed by atoms with Gasteiger partial charge in [-0.25, -0.2) is 13.1 Å². The molecule has 0 aromatic heterocycles. The number of carbonyl (C=O) groups excluding carboxylic acids is 2. The summed E-state index contributed by atoms with van der Waals surface area (Å²) in [5.74, 6) is -2.34. The first kappa shape index (κ1) is 16.6. The molecule has 0 unspecified atom stereocenters. The Hall–Kier alpha value is -1.45. The fraction of sp³-hybridized carbons (Fsp3) is 0.273. The van der Waals surface area contributed by atoms with Gasteiger partial charge in [0.25, 0.3) is 0 Å². The van der Waals surface area contributed by atoms with E-state index in [9.17, 15) is 23.1 Å². The monoisotopic (exact) mass is 363 g/mol. The highest BCUT2D eigenvalue weighted by Crippen LogP contribution is 2.15. The Morgan fingerprint density at radius 1 is 1.30 bits per heavy atom. The lowest BCUT2D eigenvalue weighted by molar-refractivity contribution is -0.308. The van der Waals surface area contributed by atoms with Crippen molar-refractivity contribution in [3.05, 3.63) is 28.7 Å². The summed E-state index contributed by atoms with van der Waals surface area (Å²) in [5.41, 5.74) is 4.90. The molecule has 3 N–H and O–H groups in total. The summed E-state index contributed by atoms with van der Waals surface area (Å²) in [5, 5.41) is 10.9. The van der Waals surface area contributed by atoms with Crippen LogP contribution in [0.1, 0.15) is 12.8 Å². The number of nitrogens with two attached hydrogens (primary N) is 1.